The van der Waals surface area contributed by atoms with Crippen LogP contribution in [0.3, 0.4) is 0 Å². The molecule has 1 heterocycles. The number of carbonyl (C=O) groups excluding carboxylic acids is 1. The maximum absolute atomic E-state index is 10.8. The van der Waals surface area contributed by atoms with Crippen LogP contribution in [0.1, 0.15) is 12.8 Å². The maximum Gasteiger partial charge on any atom is 0.334 e. The summed E-state index contributed by atoms with van der Waals surface area (Å²) in [6.45, 7) is 3.84. The molecule has 0 spiro atoms. The molecule has 0 aromatic rings. The van der Waals surface area contributed by atoms with Crippen molar-refractivity contribution in [3.63, 3.8) is 0 Å². The lowest BCUT2D eigenvalue weighted by molar-refractivity contribution is -0.331. The Hall–Kier alpha value is -0.870. The van der Waals surface area contributed by atoms with E-state index < -0.39 is 11.9 Å². The molecule has 0 aliphatic carbocycles. The Morgan fingerprint density at radius 1 is 1.75 bits per heavy atom. The van der Waals surface area contributed by atoms with E-state index in [1.54, 1.807) is 0 Å². The van der Waals surface area contributed by atoms with E-state index in [9.17, 15) is 4.79 Å². The molecule has 0 radical (unpaired) electrons. The fourth-order valence-electron chi connectivity index (χ4n) is 1.07. The van der Waals surface area contributed by atoms with Crippen molar-refractivity contribution >= 4 is 5.97 Å². The van der Waals surface area contributed by atoms with Gasteiger partial charge >= 0.3 is 11.9 Å². The smallest absolute Gasteiger partial charge is 0.334 e. The maximum atomic E-state index is 10.8. The van der Waals surface area contributed by atoms with Crippen LogP contribution in [0.5, 0.6) is 0 Å². The first-order chi connectivity index (χ1) is 5.72. The highest BCUT2D eigenvalue weighted by molar-refractivity contribution is 5.81. The average molecular weight is 172 g/mol. The van der Waals surface area contributed by atoms with Crippen LogP contribution in [-0.2, 0) is 19.0 Å². The highest BCUT2D eigenvalue weighted by atomic mass is 16.9. The second-order valence-electron chi connectivity index (χ2n) is 2.46. The fraction of sp³-hybridized carbons (Fsp3) is 0.625. The minimum absolute atomic E-state index is 0.529. The molecule has 12 heavy (non-hydrogen) atoms. The summed E-state index contributed by atoms with van der Waals surface area (Å²) in [6.07, 6.45) is 2.49. The van der Waals surface area contributed by atoms with Gasteiger partial charge in [0.15, 0.2) is 0 Å². The summed E-state index contributed by atoms with van der Waals surface area (Å²) in [5.41, 5.74) is 0. The molecule has 0 saturated carbocycles. The van der Waals surface area contributed by atoms with Crippen molar-refractivity contribution in [3.8, 4) is 0 Å². The van der Waals surface area contributed by atoms with Gasteiger partial charge < -0.3 is 14.2 Å². The van der Waals surface area contributed by atoms with Gasteiger partial charge in [0.1, 0.15) is 0 Å². The van der Waals surface area contributed by atoms with E-state index in [0.717, 1.165) is 12.5 Å². The molecule has 4 heteroatoms. The molecule has 0 amide bonds. The Labute approximate surface area is 71.1 Å². The van der Waals surface area contributed by atoms with E-state index in [-0.39, 0.29) is 0 Å². The summed E-state index contributed by atoms with van der Waals surface area (Å²) in [4.78, 5) is 10.8. The molecule has 0 aromatic carbocycles. The van der Waals surface area contributed by atoms with Crippen LogP contribution in [0.25, 0.3) is 0 Å². The summed E-state index contributed by atoms with van der Waals surface area (Å²) >= 11 is 0. The summed E-state index contributed by atoms with van der Waals surface area (Å²) < 4.78 is 15.0. The van der Waals surface area contributed by atoms with Gasteiger partial charge in [0.05, 0.1) is 6.61 Å². The highest BCUT2D eigenvalue weighted by Crippen LogP contribution is 2.27. The third-order valence-corrected chi connectivity index (χ3v) is 1.68. The van der Waals surface area contributed by atoms with Crippen LogP contribution in [0, 0.1) is 0 Å². The van der Waals surface area contributed by atoms with Crippen LogP contribution in [0.15, 0.2) is 12.7 Å². The molecule has 0 bridgehead atoms. The molecule has 1 fully saturated rings. The number of hydrogen-bond donors (Lipinski definition) is 0. The van der Waals surface area contributed by atoms with Crippen molar-refractivity contribution in [2.24, 2.45) is 0 Å². The van der Waals surface area contributed by atoms with Crippen LogP contribution in [0.4, 0.5) is 0 Å². The molecular formula is C8H12O4. The van der Waals surface area contributed by atoms with E-state index in [0.29, 0.717) is 13.0 Å². The Morgan fingerprint density at radius 2 is 2.50 bits per heavy atom. The number of esters is 1. The van der Waals surface area contributed by atoms with Gasteiger partial charge in [-0.25, -0.2) is 4.79 Å². The van der Waals surface area contributed by atoms with Gasteiger partial charge in [-0.3, -0.25) is 0 Å². The van der Waals surface area contributed by atoms with Crippen molar-refractivity contribution < 1.29 is 19.0 Å². The normalized spacial score (nSPS) is 28.4. The molecule has 1 saturated heterocycles. The van der Waals surface area contributed by atoms with E-state index in [2.05, 4.69) is 6.58 Å². The highest BCUT2D eigenvalue weighted by Gasteiger charge is 2.39. The van der Waals surface area contributed by atoms with Gasteiger partial charge in [-0.05, 0) is 6.42 Å². The van der Waals surface area contributed by atoms with Crippen LogP contribution in [0.2, 0.25) is 0 Å². The van der Waals surface area contributed by atoms with Crippen molar-refractivity contribution in [2.75, 3.05) is 13.7 Å². The van der Waals surface area contributed by atoms with E-state index in [1.165, 1.54) is 7.11 Å². The minimum Gasteiger partial charge on any atom is -0.405 e. The third kappa shape index (κ3) is 1.84. The van der Waals surface area contributed by atoms with Gasteiger partial charge in [0.25, 0.3) is 0 Å². The number of hydrogen-bond acceptors (Lipinski definition) is 4. The Balaban J connectivity index is 2.54. The van der Waals surface area contributed by atoms with Gasteiger partial charge in [-0.2, -0.15) is 0 Å². The van der Waals surface area contributed by atoms with Crippen molar-refractivity contribution in [2.45, 2.75) is 18.8 Å². The van der Waals surface area contributed by atoms with Crippen molar-refractivity contribution in [1.29, 1.82) is 0 Å². The SMILES string of the molecule is C=CC(=O)OC1(OC)CCCO1. The third-order valence-electron chi connectivity index (χ3n) is 1.68. The zero-order chi connectivity index (χ0) is 9.03. The predicted octanol–water partition coefficient (Wildman–Crippen LogP) is 0.826. The Morgan fingerprint density at radius 3 is 2.92 bits per heavy atom. The van der Waals surface area contributed by atoms with E-state index in [1.807, 2.05) is 0 Å². The van der Waals surface area contributed by atoms with E-state index in [4.69, 9.17) is 14.2 Å². The van der Waals surface area contributed by atoms with Crippen molar-refractivity contribution in [1.82, 2.24) is 0 Å². The molecule has 1 unspecified atom stereocenters. The molecular weight excluding hydrogens is 160 g/mol. The topological polar surface area (TPSA) is 44.8 Å². The first-order valence-corrected chi connectivity index (χ1v) is 3.77. The fourth-order valence-corrected chi connectivity index (χ4v) is 1.07. The van der Waals surface area contributed by atoms with Crippen LogP contribution >= 0.6 is 0 Å². The van der Waals surface area contributed by atoms with E-state index >= 15 is 0 Å². The number of rotatable bonds is 3. The summed E-state index contributed by atoms with van der Waals surface area (Å²) in [7, 11) is 1.45. The van der Waals surface area contributed by atoms with Crippen LogP contribution in [-0.4, -0.2) is 25.7 Å². The molecule has 1 aliphatic rings. The molecule has 1 rings (SSSR count). The lowest BCUT2D eigenvalue weighted by Crippen LogP contribution is -2.35. The van der Waals surface area contributed by atoms with Gasteiger partial charge in [-0.1, -0.05) is 6.58 Å². The first-order valence-electron chi connectivity index (χ1n) is 3.77. The number of ether oxygens (including phenoxy) is 3. The predicted molar refractivity (Wildman–Crippen MR) is 41.2 cm³/mol. The Kier molecular flexibility index (Phi) is 2.83. The average Bonchev–Trinajstić information content (AvgIpc) is 2.54. The molecule has 4 nitrogen and oxygen atoms in total. The molecule has 0 N–H and O–H groups in total. The summed E-state index contributed by atoms with van der Waals surface area (Å²) in [5.74, 6) is -1.69. The number of methoxy groups -OCH3 is 1. The van der Waals surface area contributed by atoms with Gasteiger partial charge in [0, 0.05) is 19.6 Å². The van der Waals surface area contributed by atoms with Gasteiger partial charge in [0.2, 0.25) is 0 Å². The molecule has 1 aliphatic heterocycles. The second kappa shape index (κ2) is 3.69. The summed E-state index contributed by atoms with van der Waals surface area (Å²) in [5, 5.41) is 0. The van der Waals surface area contributed by atoms with Crippen LogP contribution < -0.4 is 0 Å². The minimum atomic E-state index is -1.16. The lowest BCUT2D eigenvalue weighted by Gasteiger charge is -2.24. The monoisotopic (exact) mass is 172 g/mol. The standard InChI is InChI=1S/C8H12O4/c1-3-7(9)12-8(10-2)5-4-6-11-8/h3H,1,4-6H2,2H3. The first kappa shape index (κ1) is 9.22. The number of carbonyl (C=O) groups is 1. The van der Waals surface area contributed by atoms with Gasteiger partial charge in [-0.15, -0.1) is 0 Å². The second-order valence-corrected chi connectivity index (χ2v) is 2.46. The quantitative estimate of drug-likeness (QED) is 0.359. The largest absolute Gasteiger partial charge is 0.405 e. The van der Waals surface area contributed by atoms with Crippen molar-refractivity contribution in [3.05, 3.63) is 12.7 Å². The summed E-state index contributed by atoms with van der Waals surface area (Å²) in [6, 6.07) is 0. The lowest BCUT2D eigenvalue weighted by atomic mass is 10.3. The zero-order valence-electron chi connectivity index (χ0n) is 7.04. The Bertz CT molecular complexity index is 181. The zero-order valence-corrected chi connectivity index (χ0v) is 7.04. The molecule has 1 atom stereocenters. The molecule has 68 valence electrons. The molecule has 0 aromatic heterocycles.